The van der Waals surface area contributed by atoms with Crippen molar-refractivity contribution in [2.45, 2.75) is 70.6 Å². The number of amides is 1. The first-order valence-electron chi connectivity index (χ1n) is 13.3. The molecule has 1 unspecified atom stereocenters. The summed E-state index contributed by atoms with van der Waals surface area (Å²) < 4.78 is 5.17. The molecule has 1 amide bonds. The maximum atomic E-state index is 12.0. The van der Waals surface area contributed by atoms with Gasteiger partial charge in [-0.2, -0.15) is 5.10 Å². The monoisotopic (exact) mass is 520 g/mol. The number of anilines is 1. The van der Waals surface area contributed by atoms with Gasteiger partial charge in [0.25, 0.3) is 0 Å². The van der Waals surface area contributed by atoms with E-state index in [0.717, 1.165) is 41.4 Å². The summed E-state index contributed by atoms with van der Waals surface area (Å²) in [6, 6.07) is 9.70. The smallest absolute Gasteiger partial charge is 0.412 e. The molecule has 5 atom stereocenters. The van der Waals surface area contributed by atoms with E-state index in [-0.39, 0.29) is 12.0 Å². The number of fused-ring (bicyclic) bond motifs is 2. The number of nitrogens with zero attached hydrogens (tertiary/aromatic N) is 4. The van der Waals surface area contributed by atoms with Crippen LogP contribution in [-0.4, -0.2) is 63.3 Å². The third-order valence-electron chi connectivity index (χ3n) is 8.12. The van der Waals surface area contributed by atoms with Gasteiger partial charge in [-0.25, -0.2) is 14.8 Å². The number of ether oxygens (including phenoxy) is 1. The number of amidine groups is 1. The first kappa shape index (κ1) is 26.1. The molecule has 10 nitrogen and oxygen atoms in total. The summed E-state index contributed by atoms with van der Waals surface area (Å²) in [6.45, 7) is 4.47. The zero-order chi connectivity index (χ0) is 26.9. The Bertz CT molecular complexity index is 1290. The topological polar surface area (TPSA) is 146 Å². The van der Waals surface area contributed by atoms with E-state index in [1.807, 2.05) is 43.1 Å². The number of carbonyl (C=O) groups excluding carboxylic acids is 1. The minimum Gasteiger partial charge on any atom is -0.449 e. The van der Waals surface area contributed by atoms with Gasteiger partial charge in [0.05, 0.1) is 36.1 Å². The van der Waals surface area contributed by atoms with Crippen LogP contribution in [0.2, 0.25) is 0 Å². The van der Waals surface area contributed by atoms with Gasteiger partial charge >= 0.3 is 6.09 Å². The second-order valence-electron chi connectivity index (χ2n) is 10.8. The van der Waals surface area contributed by atoms with Gasteiger partial charge in [0.15, 0.2) is 5.84 Å². The zero-order valence-corrected chi connectivity index (χ0v) is 21.9. The van der Waals surface area contributed by atoms with Crippen molar-refractivity contribution in [1.82, 2.24) is 9.99 Å². The molecule has 202 valence electrons. The lowest BCUT2D eigenvalue weighted by Crippen LogP contribution is -2.42. The SMILES string of the molecule is CCCCOC(=O)Nc1ccc2ccc(CC[C@@]3(C)C[C@@H](C4CC=C5C(N)=NC=NN54)[C@H](O)[C@@H]3O)cc2n1. The molecule has 0 spiro atoms. The molecule has 1 aromatic heterocycles. The number of hydrogen-bond donors (Lipinski definition) is 4. The zero-order valence-electron chi connectivity index (χ0n) is 21.9. The van der Waals surface area contributed by atoms with E-state index in [0.29, 0.717) is 37.5 Å². The van der Waals surface area contributed by atoms with Gasteiger partial charge in [-0.15, -0.1) is 0 Å². The molecule has 1 saturated carbocycles. The molecule has 3 aliphatic rings. The molecular formula is C28H36N6O4. The van der Waals surface area contributed by atoms with Crippen molar-refractivity contribution < 1.29 is 19.7 Å². The Labute approximate surface area is 222 Å². The van der Waals surface area contributed by atoms with Gasteiger partial charge in [0.1, 0.15) is 12.2 Å². The summed E-state index contributed by atoms with van der Waals surface area (Å²) in [5.74, 6) is 0.724. The van der Waals surface area contributed by atoms with Crippen LogP contribution in [0, 0.1) is 11.3 Å². The van der Waals surface area contributed by atoms with E-state index < -0.39 is 23.7 Å². The van der Waals surface area contributed by atoms with Crippen LogP contribution in [0.1, 0.15) is 51.5 Å². The minimum absolute atomic E-state index is 0.0637. The third-order valence-corrected chi connectivity index (χ3v) is 8.12. The Morgan fingerprint density at radius 2 is 2.11 bits per heavy atom. The number of aromatic nitrogens is 1. The molecular weight excluding hydrogens is 484 g/mol. The van der Waals surface area contributed by atoms with Crippen molar-refractivity contribution in [3.63, 3.8) is 0 Å². The number of nitrogens with one attached hydrogen (secondary N) is 1. The van der Waals surface area contributed by atoms with E-state index in [1.165, 1.54) is 6.34 Å². The van der Waals surface area contributed by atoms with E-state index in [4.69, 9.17) is 10.5 Å². The molecule has 1 fully saturated rings. The first-order valence-corrected chi connectivity index (χ1v) is 13.3. The Balaban J connectivity index is 1.24. The highest BCUT2D eigenvalue weighted by molar-refractivity contribution is 6.02. The molecule has 1 aromatic carbocycles. The van der Waals surface area contributed by atoms with E-state index in [2.05, 4.69) is 26.5 Å². The lowest BCUT2D eigenvalue weighted by Gasteiger charge is -2.32. The molecule has 2 aromatic rings. The van der Waals surface area contributed by atoms with Crippen LogP contribution in [0.5, 0.6) is 0 Å². The Kier molecular flexibility index (Phi) is 7.36. The number of rotatable bonds is 8. The maximum Gasteiger partial charge on any atom is 0.412 e. The van der Waals surface area contributed by atoms with Gasteiger partial charge in [-0.3, -0.25) is 10.3 Å². The summed E-state index contributed by atoms with van der Waals surface area (Å²) in [7, 11) is 0. The van der Waals surface area contributed by atoms with E-state index in [1.54, 1.807) is 6.07 Å². The van der Waals surface area contributed by atoms with Crippen molar-refractivity contribution >= 4 is 35.0 Å². The number of nitrogens with two attached hydrogens (primary N) is 1. The van der Waals surface area contributed by atoms with Gasteiger partial charge in [-0.1, -0.05) is 38.5 Å². The molecule has 5 rings (SSSR count). The van der Waals surface area contributed by atoms with Gasteiger partial charge in [-0.05, 0) is 61.3 Å². The average Bonchev–Trinajstić information content (AvgIpc) is 3.43. The number of hydrazone groups is 1. The fourth-order valence-electron chi connectivity index (χ4n) is 5.85. The van der Waals surface area contributed by atoms with Gasteiger partial charge < -0.3 is 20.7 Å². The number of pyridine rings is 1. The van der Waals surface area contributed by atoms with Crippen LogP contribution < -0.4 is 11.1 Å². The van der Waals surface area contributed by atoms with Crippen LogP contribution in [0.4, 0.5) is 10.6 Å². The largest absolute Gasteiger partial charge is 0.449 e. The summed E-state index contributed by atoms with van der Waals surface area (Å²) in [6.07, 6.45) is 5.81. The molecule has 0 bridgehead atoms. The maximum absolute atomic E-state index is 12.0. The molecule has 3 heterocycles. The Hall–Kier alpha value is -3.50. The quantitative estimate of drug-likeness (QED) is 0.390. The fraction of sp³-hybridized carbons (Fsp3) is 0.500. The highest BCUT2D eigenvalue weighted by Crippen LogP contribution is 2.49. The lowest BCUT2D eigenvalue weighted by molar-refractivity contribution is -0.0326. The summed E-state index contributed by atoms with van der Waals surface area (Å²) >= 11 is 0. The molecule has 0 saturated heterocycles. The van der Waals surface area contributed by atoms with E-state index in [9.17, 15) is 15.0 Å². The predicted octanol–water partition coefficient (Wildman–Crippen LogP) is 3.54. The Morgan fingerprint density at radius 1 is 1.29 bits per heavy atom. The average molecular weight is 521 g/mol. The van der Waals surface area contributed by atoms with E-state index >= 15 is 0 Å². The number of aliphatic imine (C=N–C) groups is 1. The lowest BCUT2D eigenvalue weighted by atomic mass is 9.79. The van der Waals surface area contributed by atoms with Crippen LogP contribution in [0.25, 0.3) is 10.9 Å². The standard InChI is InChI=1S/C28H36N6O4/c1-3-4-13-38-27(37)33-23-10-7-18-6-5-17(14-20(18)32-23)11-12-28(2)15-19(24(35)25(28)36)21-8-9-22-26(29)30-16-31-34(21)22/h5-7,9-10,14,16,19,21,24-25,35-36H,3-4,8,11-13,15H2,1-2H3,(H2,29,30,31)(H,32,33,37)/t19-,21?,24-,25-,28-/m0/s1. The van der Waals surface area contributed by atoms with Gasteiger partial charge in [0, 0.05) is 11.3 Å². The minimum atomic E-state index is -0.850. The fourth-order valence-corrected chi connectivity index (χ4v) is 5.85. The summed E-state index contributed by atoms with van der Waals surface area (Å²) in [4.78, 5) is 20.7. The number of benzene rings is 1. The van der Waals surface area contributed by atoms with Crippen LogP contribution in [0.15, 0.2) is 52.2 Å². The molecule has 2 aliphatic heterocycles. The molecule has 1 aliphatic carbocycles. The molecule has 0 radical (unpaired) electrons. The number of unbranched alkanes of at least 4 members (excludes halogenated alkanes) is 1. The molecule has 38 heavy (non-hydrogen) atoms. The molecule has 10 heteroatoms. The highest BCUT2D eigenvalue weighted by atomic mass is 16.5. The number of hydrogen-bond acceptors (Lipinski definition) is 9. The predicted molar refractivity (Wildman–Crippen MR) is 147 cm³/mol. The first-order chi connectivity index (χ1) is 18.3. The second kappa shape index (κ2) is 10.7. The second-order valence-corrected chi connectivity index (χ2v) is 10.8. The Morgan fingerprint density at radius 3 is 2.92 bits per heavy atom. The number of aryl methyl sites for hydroxylation is 1. The highest BCUT2D eigenvalue weighted by Gasteiger charge is 2.53. The third kappa shape index (κ3) is 5.10. The normalized spacial score (nSPS) is 28.3. The summed E-state index contributed by atoms with van der Waals surface area (Å²) in [5.41, 5.74) is 8.18. The van der Waals surface area contributed by atoms with Crippen LogP contribution in [-0.2, 0) is 11.2 Å². The van der Waals surface area contributed by atoms with Crippen molar-refractivity contribution in [3.8, 4) is 0 Å². The van der Waals surface area contributed by atoms with Crippen LogP contribution in [0.3, 0.4) is 0 Å². The van der Waals surface area contributed by atoms with Crippen molar-refractivity contribution in [2.75, 3.05) is 11.9 Å². The number of aliphatic hydroxyl groups excluding tert-OH is 2. The number of aliphatic hydroxyl groups is 2. The van der Waals surface area contributed by atoms with Gasteiger partial charge in [0.2, 0.25) is 0 Å². The molecule has 5 N–H and O–H groups in total. The van der Waals surface area contributed by atoms with Crippen LogP contribution >= 0.6 is 0 Å². The van der Waals surface area contributed by atoms with Crippen molar-refractivity contribution in [2.24, 2.45) is 27.2 Å². The van der Waals surface area contributed by atoms with Crippen molar-refractivity contribution in [3.05, 3.63) is 47.7 Å². The van der Waals surface area contributed by atoms with Crippen molar-refractivity contribution in [1.29, 1.82) is 0 Å². The number of carbonyl (C=O) groups is 1. The summed E-state index contributed by atoms with van der Waals surface area (Å²) in [5, 5.41) is 32.0.